The third-order valence-corrected chi connectivity index (χ3v) is 5.09. The lowest BCUT2D eigenvalue weighted by molar-refractivity contribution is -0.123. The van der Waals surface area contributed by atoms with Crippen LogP contribution in [0.4, 0.5) is 5.69 Å². The van der Waals surface area contributed by atoms with Gasteiger partial charge >= 0.3 is 0 Å². The molecule has 0 aliphatic carbocycles. The zero-order valence-corrected chi connectivity index (χ0v) is 17.5. The normalized spacial score (nSPS) is 15.2. The molecule has 2 aromatic carbocycles. The zero-order chi connectivity index (χ0) is 22.5. The van der Waals surface area contributed by atoms with Crippen LogP contribution in [0, 0.1) is 0 Å². The average molecular weight is 433 g/mol. The molecule has 2 atom stereocenters. The SMILES string of the molecule is CC(NC(=O)c1cccc(NC(=O)C2Cc3ccccc3O2)c1)C(=O)NCc1ccco1. The van der Waals surface area contributed by atoms with Crippen LogP contribution in [-0.2, 0) is 22.6 Å². The number of rotatable bonds is 7. The predicted octanol–water partition coefficient (Wildman–Crippen LogP) is 2.66. The summed E-state index contributed by atoms with van der Waals surface area (Å²) < 4.78 is 10.9. The molecule has 164 valence electrons. The number of amides is 3. The van der Waals surface area contributed by atoms with Gasteiger partial charge in [-0.1, -0.05) is 24.3 Å². The number of fused-ring (bicyclic) bond motifs is 1. The average Bonchev–Trinajstić information content (AvgIpc) is 3.47. The number of para-hydroxylation sites is 1. The molecular formula is C24H23N3O5. The molecule has 0 bridgehead atoms. The number of hydrogen-bond acceptors (Lipinski definition) is 5. The molecule has 3 aromatic rings. The van der Waals surface area contributed by atoms with Gasteiger partial charge in [-0.15, -0.1) is 0 Å². The zero-order valence-electron chi connectivity index (χ0n) is 17.5. The Morgan fingerprint density at radius 1 is 1.06 bits per heavy atom. The van der Waals surface area contributed by atoms with Crippen molar-refractivity contribution in [2.75, 3.05) is 5.32 Å². The maximum Gasteiger partial charge on any atom is 0.265 e. The van der Waals surface area contributed by atoms with Gasteiger partial charge in [0.15, 0.2) is 6.10 Å². The number of ether oxygens (including phenoxy) is 1. The first-order valence-corrected chi connectivity index (χ1v) is 10.3. The predicted molar refractivity (Wildman–Crippen MR) is 117 cm³/mol. The number of furan rings is 1. The lowest BCUT2D eigenvalue weighted by atomic mass is 10.1. The van der Waals surface area contributed by atoms with E-state index in [0.29, 0.717) is 29.2 Å². The van der Waals surface area contributed by atoms with E-state index >= 15 is 0 Å². The van der Waals surface area contributed by atoms with E-state index in [2.05, 4.69) is 16.0 Å². The third kappa shape index (κ3) is 4.97. The quantitative estimate of drug-likeness (QED) is 0.531. The number of anilines is 1. The highest BCUT2D eigenvalue weighted by Gasteiger charge is 2.29. The van der Waals surface area contributed by atoms with E-state index in [1.54, 1.807) is 43.3 Å². The Kier molecular flexibility index (Phi) is 6.21. The molecule has 1 aliphatic rings. The Balaban J connectivity index is 1.31. The monoisotopic (exact) mass is 433 g/mol. The molecule has 3 N–H and O–H groups in total. The van der Waals surface area contributed by atoms with Crippen molar-refractivity contribution >= 4 is 23.4 Å². The van der Waals surface area contributed by atoms with Crippen LogP contribution < -0.4 is 20.7 Å². The van der Waals surface area contributed by atoms with Gasteiger partial charge in [0.05, 0.1) is 12.8 Å². The molecule has 2 heterocycles. The minimum atomic E-state index is -0.749. The fraction of sp³-hybridized carbons (Fsp3) is 0.208. The number of carbonyl (C=O) groups excluding carboxylic acids is 3. The molecule has 4 rings (SSSR count). The summed E-state index contributed by atoms with van der Waals surface area (Å²) in [6.45, 7) is 1.83. The fourth-order valence-electron chi connectivity index (χ4n) is 3.38. The second-order valence-corrected chi connectivity index (χ2v) is 7.48. The summed E-state index contributed by atoms with van der Waals surface area (Å²) in [4.78, 5) is 37.4. The molecule has 32 heavy (non-hydrogen) atoms. The lowest BCUT2D eigenvalue weighted by Gasteiger charge is -2.15. The molecule has 0 saturated heterocycles. The maximum atomic E-state index is 12.6. The Labute approximate surface area is 185 Å². The van der Waals surface area contributed by atoms with Crippen LogP contribution >= 0.6 is 0 Å². The van der Waals surface area contributed by atoms with E-state index in [9.17, 15) is 14.4 Å². The van der Waals surface area contributed by atoms with Gasteiger partial charge in [-0.05, 0) is 48.9 Å². The largest absolute Gasteiger partial charge is 0.480 e. The van der Waals surface area contributed by atoms with Crippen molar-refractivity contribution in [3.05, 3.63) is 83.8 Å². The summed E-state index contributed by atoms with van der Waals surface area (Å²) in [5.74, 6) is 0.280. The minimum Gasteiger partial charge on any atom is -0.480 e. The highest BCUT2D eigenvalue weighted by Crippen LogP contribution is 2.28. The van der Waals surface area contributed by atoms with E-state index in [-0.39, 0.29) is 18.4 Å². The molecule has 8 heteroatoms. The number of nitrogens with one attached hydrogen (secondary N) is 3. The molecule has 1 aromatic heterocycles. The topological polar surface area (TPSA) is 110 Å². The molecule has 0 fully saturated rings. The van der Waals surface area contributed by atoms with Crippen molar-refractivity contribution in [3.63, 3.8) is 0 Å². The highest BCUT2D eigenvalue weighted by molar-refractivity contribution is 6.00. The smallest absolute Gasteiger partial charge is 0.265 e. The molecule has 1 aliphatic heterocycles. The Morgan fingerprint density at radius 3 is 2.69 bits per heavy atom. The van der Waals surface area contributed by atoms with Crippen LogP contribution in [0.1, 0.15) is 28.6 Å². The lowest BCUT2D eigenvalue weighted by Crippen LogP contribution is -2.44. The highest BCUT2D eigenvalue weighted by atomic mass is 16.5. The van der Waals surface area contributed by atoms with Crippen molar-refractivity contribution in [2.45, 2.75) is 32.0 Å². The Hall–Kier alpha value is -4.07. The summed E-state index contributed by atoms with van der Waals surface area (Å²) in [5, 5.41) is 8.15. The van der Waals surface area contributed by atoms with E-state index in [1.165, 1.54) is 6.26 Å². The maximum absolute atomic E-state index is 12.6. The van der Waals surface area contributed by atoms with Crippen LogP contribution in [0.15, 0.2) is 71.3 Å². The molecule has 0 spiro atoms. The molecular weight excluding hydrogens is 410 g/mol. The second kappa shape index (κ2) is 9.38. The first-order valence-electron chi connectivity index (χ1n) is 10.3. The van der Waals surface area contributed by atoms with Gasteiger partial charge in [0.2, 0.25) is 5.91 Å². The number of carbonyl (C=O) groups is 3. The van der Waals surface area contributed by atoms with Crippen molar-refractivity contribution in [3.8, 4) is 5.75 Å². The van der Waals surface area contributed by atoms with Gasteiger partial charge in [-0.25, -0.2) is 0 Å². The van der Waals surface area contributed by atoms with Crippen LogP contribution in [-0.4, -0.2) is 29.9 Å². The van der Waals surface area contributed by atoms with Gasteiger partial charge in [0, 0.05) is 17.7 Å². The first kappa shape index (κ1) is 21.2. The third-order valence-electron chi connectivity index (χ3n) is 5.09. The summed E-state index contributed by atoms with van der Waals surface area (Å²) >= 11 is 0. The van der Waals surface area contributed by atoms with E-state index in [0.717, 1.165) is 5.56 Å². The van der Waals surface area contributed by atoms with Crippen molar-refractivity contribution in [1.82, 2.24) is 10.6 Å². The van der Waals surface area contributed by atoms with E-state index in [1.807, 2.05) is 24.3 Å². The number of hydrogen-bond donors (Lipinski definition) is 3. The summed E-state index contributed by atoms with van der Waals surface area (Å²) in [5.41, 5.74) is 1.78. The van der Waals surface area contributed by atoms with Crippen LogP contribution in [0.3, 0.4) is 0 Å². The summed E-state index contributed by atoms with van der Waals surface area (Å²) in [6, 6.07) is 16.8. The van der Waals surface area contributed by atoms with Crippen molar-refractivity contribution in [1.29, 1.82) is 0 Å². The van der Waals surface area contributed by atoms with Gasteiger partial charge in [-0.2, -0.15) is 0 Å². The fourth-order valence-corrected chi connectivity index (χ4v) is 3.38. The molecule has 0 saturated carbocycles. The van der Waals surface area contributed by atoms with Crippen LogP contribution in [0.2, 0.25) is 0 Å². The minimum absolute atomic E-state index is 0.237. The Morgan fingerprint density at radius 2 is 1.91 bits per heavy atom. The van der Waals surface area contributed by atoms with E-state index in [4.69, 9.17) is 9.15 Å². The van der Waals surface area contributed by atoms with E-state index < -0.39 is 18.1 Å². The number of benzene rings is 2. The van der Waals surface area contributed by atoms with Crippen molar-refractivity contribution < 1.29 is 23.5 Å². The molecule has 3 amide bonds. The first-order chi connectivity index (χ1) is 15.5. The van der Waals surface area contributed by atoms with Crippen LogP contribution in [0.25, 0.3) is 0 Å². The summed E-state index contributed by atoms with van der Waals surface area (Å²) in [6.07, 6.45) is 1.39. The molecule has 0 radical (unpaired) electrons. The van der Waals surface area contributed by atoms with Crippen LogP contribution in [0.5, 0.6) is 5.75 Å². The standard InChI is InChI=1S/C24H23N3O5/c1-15(22(28)25-14-19-9-5-11-31-19)26-23(29)17-7-4-8-18(12-17)27-24(30)21-13-16-6-2-3-10-20(16)32-21/h2-12,15,21H,13-14H2,1H3,(H,25,28)(H,26,29)(H,27,30). The second-order valence-electron chi connectivity index (χ2n) is 7.48. The van der Waals surface area contributed by atoms with Crippen molar-refractivity contribution in [2.24, 2.45) is 0 Å². The van der Waals surface area contributed by atoms with Gasteiger partial charge in [0.1, 0.15) is 17.6 Å². The van der Waals surface area contributed by atoms with Gasteiger partial charge in [0.25, 0.3) is 11.8 Å². The van der Waals surface area contributed by atoms with Gasteiger partial charge < -0.3 is 25.1 Å². The molecule has 8 nitrogen and oxygen atoms in total. The Bertz CT molecular complexity index is 1100. The summed E-state index contributed by atoms with van der Waals surface area (Å²) in [7, 11) is 0. The van der Waals surface area contributed by atoms with Gasteiger partial charge in [-0.3, -0.25) is 14.4 Å². The molecule has 2 unspecified atom stereocenters.